The summed E-state index contributed by atoms with van der Waals surface area (Å²) in [5, 5.41) is 6.35. The van der Waals surface area contributed by atoms with Crippen LogP contribution in [0.15, 0.2) is 30.3 Å². The molecule has 1 aliphatic rings. The van der Waals surface area contributed by atoms with Gasteiger partial charge in [0.15, 0.2) is 0 Å². The molecule has 1 aromatic carbocycles. The molecule has 3 rings (SSSR count). The summed E-state index contributed by atoms with van der Waals surface area (Å²) in [4.78, 5) is 27.5. The van der Waals surface area contributed by atoms with Crippen molar-refractivity contribution in [3.63, 3.8) is 0 Å². The van der Waals surface area contributed by atoms with Gasteiger partial charge in [-0.3, -0.25) is 9.59 Å². The van der Waals surface area contributed by atoms with Crippen molar-refractivity contribution in [1.82, 2.24) is 15.6 Å². The van der Waals surface area contributed by atoms with Crippen molar-refractivity contribution in [2.45, 2.75) is 12.8 Å². The Bertz CT molecular complexity index is 686. The van der Waals surface area contributed by atoms with Gasteiger partial charge < -0.3 is 10.6 Å². The van der Waals surface area contributed by atoms with Crippen LogP contribution in [0.3, 0.4) is 0 Å². The zero-order valence-electron chi connectivity index (χ0n) is 12.0. The minimum Gasteiger partial charge on any atom is -0.354 e. The Kier molecular flexibility index (Phi) is 4.48. The molecular formula is C16H17N3O2S. The first-order valence-electron chi connectivity index (χ1n) is 7.31. The summed E-state index contributed by atoms with van der Waals surface area (Å²) < 4.78 is 1.10. The molecule has 22 heavy (non-hydrogen) atoms. The zero-order valence-corrected chi connectivity index (χ0v) is 12.9. The third-order valence-electron chi connectivity index (χ3n) is 3.36. The Morgan fingerprint density at radius 2 is 2.00 bits per heavy atom. The third-order valence-corrected chi connectivity index (χ3v) is 4.36. The molecule has 2 amide bonds. The number of nitrogens with zero attached hydrogens (tertiary/aromatic N) is 1. The highest BCUT2D eigenvalue weighted by atomic mass is 32.1. The zero-order chi connectivity index (χ0) is 15.4. The second-order valence-corrected chi connectivity index (χ2v) is 6.27. The molecule has 2 aromatic rings. The first-order chi connectivity index (χ1) is 10.7. The second-order valence-electron chi connectivity index (χ2n) is 5.21. The molecule has 5 nitrogen and oxygen atoms in total. The molecule has 1 aromatic heterocycles. The van der Waals surface area contributed by atoms with Gasteiger partial charge in [-0.1, -0.05) is 12.1 Å². The van der Waals surface area contributed by atoms with Crippen LogP contribution < -0.4 is 10.6 Å². The van der Waals surface area contributed by atoms with Crippen LogP contribution in [0.5, 0.6) is 0 Å². The Balaban J connectivity index is 1.43. The highest BCUT2D eigenvalue weighted by molar-refractivity contribution is 7.19. The number of benzene rings is 1. The minimum absolute atomic E-state index is 0.0965. The maximum absolute atomic E-state index is 11.7. The molecule has 0 saturated heterocycles. The van der Waals surface area contributed by atoms with Crippen LogP contribution in [0.1, 0.15) is 17.8 Å². The van der Waals surface area contributed by atoms with Gasteiger partial charge in [0.05, 0.1) is 10.2 Å². The van der Waals surface area contributed by atoms with Crippen LogP contribution in [-0.2, 0) is 9.59 Å². The fourth-order valence-corrected chi connectivity index (χ4v) is 2.90. The molecular weight excluding hydrogens is 298 g/mol. The molecule has 1 heterocycles. The summed E-state index contributed by atoms with van der Waals surface area (Å²) in [6.45, 7) is 0.900. The number of amides is 2. The fourth-order valence-electron chi connectivity index (χ4n) is 2.03. The lowest BCUT2D eigenvalue weighted by Crippen LogP contribution is -2.34. The van der Waals surface area contributed by atoms with E-state index in [2.05, 4.69) is 15.6 Å². The Labute approximate surface area is 132 Å². The van der Waals surface area contributed by atoms with Crippen molar-refractivity contribution in [1.29, 1.82) is 0 Å². The number of hydrogen-bond donors (Lipinski definition) is 2. The maximum Gasteiger partial charge on any atom is 0.244 e. The number of carbonyl (C=O) groups excluding carboxylic acids is 2. The van der Waals surface area contributed by atoms with Crippen LogP contribution in [0, 0.1) is 5.92 Å². The lowest BCUT2D eigenvalue weighted by atomic mass is 10.3. The number of rotatable bonds is 6. The Morgan fingerprint density at radius 1 is 1.23 bits per heavy atom. The van der Waals surface area contributed by atoms with E-state index in [1.54, 1.807) is 17.4 Å². The van der Waals surface area contributed by atoms with E-state index >= 15 is 0 Å². The quantitative estimate of drug-likeness (QED) is 0.632. The predicted molar refractivity (Wildman–Crippen MR) is 87.4 cm³/mol. The van der Waals surface area contributed by atoms with Gasteiger partial charge in [0, 0.05) is 25.1 Å². The molecule has 2 N–H and O–H groups in total. The topological polar surface area (TPSA) is 71.1 Å². The van der Waals surface area contributed by atoms with E-state index in [0.29, 0.717) is 13.1 Å². The first-order valence-corrected chi connectivity index (χ1v) is 8.13. The van der Waals surface area contributed by atoms with Gasteiger partial charge >= 0.3 is 0 Å². The van der Waals surface area contributed by atoms with Crippen LogP contribution in [0.2, 0.25) is 0 Å². The van der Waals surface area contributed by atoms with Crippen LogP contribution in [0.25, 0.3) is 16.3 Å². The van der Waals surface area contributed by atoms with E-state index in [1.165, 1.54) is 6.08 Å². The second kappa shape index (κ2) is 6.70. The van der Waals surface area contributed by atoms with Gasteiger partial charge in [0.1, 0.15) is 5.01 Å². The van der Waals surface area contributed by atoms with Gasteiger partial charge in [-0.05, 0) is 31.1 Å². The highest BCUT2D eigenvalue weighted by Gasteiger charge is 2.28. The van der Waals surface area contributed by atoms with Crippen molar-refractivity contribution in [3.8, 4) is 0 Å². The number of fused-ring (bicyclic) bond motifs is 1. The standard InChI is InChI=1S/C16H17N3O2S/c20-14(17-9-10-18-16(21)11-5-6-11)7-8-15-19-12-3-1-2-4-13(12)22-15/h1-4,7-8,11H,5-6,9-10H2,(H,17,20)(H,18,21). The lowest BCUT2D eigenvalue weighted by Gasteiger charge is -2.04. The summed E-state index contributed by atoms with van der Waals surface area (Å²) in [7, 11) is 0. The van der Waals surface area contributed by atoms with E-state index in [1.807, 2.05) is 24.3 Å². The molecule has 0 bridgehead atoms. The molecule has 1 fully saturated rings. The molecule has 1 aliphatic carbocycles. The van der Waals surface area contributed by atoms with Gasteiger partial charge in [-0.25, -0.2) is 4.98 Å². The molecule has 0 atom stereocenters. The summed E-state index contributed by atoms with van der Waals surface area (Å²) in [5.41, 5.74) is 0.940. The van der Waals surface area contributed by atoms with Crippen LogP contribution in [0.4, 0.5) is 0 Å². The third kappa shape index (κ3) is 3.92. The number of thiazole rings is 1. The summed E-state index contributed by atoms with van der Waals surface area (Å²) in [5.74, 6) is 0.119. The van der Waals surface area contributed by atoms with Crippen molar-refractivity contribution in [2.24, 2.45) is 5.92 Å². The summed E-state index contributed by atoms with van der Waals surface area (Å²) >= 11 is 1.55. The van der Waals surface area contributed by atoms with Gasteiger partial charge in [0.25, 0.3) is 0 Å². The fraction of sp³-hybridized carbons (Fsp3) is 0.312. The number of nitrogens with one attached hydrogen (secondary N) is 2. The normalized spacial score (nSPS) is 14.4. The first kappa shape index (κ1) is 14.7. The van der Waals surface area contributed by atoms with Crippen LogP contribution in [-0.4, -0.2) is 29.9 Å². The Hall–Kier alpha value is -2.21. The minimum atomic E-state index is -0.181. The van der Waals surface area contributed by atoms with Gasteiger partial charge in [0.2, 0.25) is 11.8 Å². The lowest BCUT2D eigenvalue weighted by molar-refractivity contribution is -0.122. The SMILES string of the molecule is O=C(C=Cc1nc2ccccc2s1)NCCNC(=O)C1CC1. The average molecular weight is 315 g/mol. The van der Waals surface area contributed by atoms with Crippen molar-refractivity contribution in [3.05, 3.63) is 35.3 Å². The maximum atomic E-state index is 11.7. The van der Waals surface area contributed by atoms with E-state index in [0.717, 1.165) is 28.1 Å². The highest BCUT2D eigenvalue weighted by Crippen LogP contribution is 2.28. The monoisotopic (exact) mass is 315 g/mol. The number of carbonyl (C=O) groups is 2. The van der Waals surface area contributed by atoms with Gasteiger partial charge in [-0.15, -0.1) is 11.3 Å². The molecule has 0 aliphatic heterocycles. The van der Waals surface area contributed by atoms with Crippen molar-refractivity contribution < 1.29 is 9.59 Å². The molecule has 6 heteroatoms. The van der Waals surface area contributed by atoms with Crippen molar-refractivity contribution in [2.75, 3.05) is 13.1 Å². The van der Waals surface area contributed by atoms with E-state index in [4.69, 9.17) is 0 Å². The number of para-hydroxylation sites is 1. The van der Waals surface area contributed by atoms with Crippen LogP contribution >= 0.6 is 11.3 Å². The van der Waals surface area contributed by atoms with E-state index in [9.17, 15) is 9.59 Å². The predicted octanol–water partition coefficient (Wildman–Crippen LogP) is 1.95. The molecule has 1 saturated carbocycles. The van der Waals surface area contributed by atoms with Gasteiger partial charge in [-0.2, -0.15) is 0 Å². The smallest absolute Gasteiger partial charge is 0.244 e. The average Bonchev–Trinajstić information content (AvgIpc) is 3.29. The van der Waals surface area contributed by atoms with E-state index in [-0.39, 0.29) is 17.7 Å². The molecule has 0 unspecified atom stereocenters. The summed E-state index contributed by atoms with van der Waals surface area (Å²) in [6, 6.07) is 7.87. The molecule has 114 valence electrons. The Morgan fingerprint density at radius 3 is 2.77 bits per heavy atom. The molecule has 0 spiro atoms. The largest absolute Gasteiger partial charge is 0.354 e. The number of aromatic nitrogens is 1. The number of hydrogen-bond acceptors (Lipinski definition) is 4. The van der Waals surface area contributed by atoms with E-state index < -0.39 is 0 Å². The summed E-state index contributed by atoms with van der Waals surface area (Å²) in [6.07, 6.45) is 5.16. The molecule has 0 radical (unpaired) electrons. The van der Waals surface area contributed by atoms with Crippen molar-refractivity contribution >= 4 is 39.4 Å².